The van der Waals surface area contributed by atoms with E-state index in [-0.39, 0.29) is 51.3 Å². The van der Waals surface area contributed by atoms with E-state index in [0.717, 1.165) is 39.3 Å². The second kappa shape index (κ2) is 26.2. The van der Waals surface area contributed by atoms with Crippen molar-refractivity contribution >= 4 is 35.1 Å². The Labute approximate surface area is 373 Å². The fourth-order valence-corrected chi connectivity index (χ4v) is 7.65. The van der Waals surface area contributed by atoms with Crippen LogP contribution in [0.3, 0.4) is 0 Å². The maximum Gasteiger partial charge on any atom is 0.264 e. The molecule has 1 aromatic heterocycles. The molecule has 338 valence electrons. The molecule has 0 aliphatic carbocycles. The number of rotatable bonds is 7. The van der Waals surface area contributed by atoms with Gasteiger partial charge in [0.05, 0.1) is 0 Å². The largest absolute Gasteiger partial charge is 0.335 e. The van der Waals surface area contributed by atoms with Crippen LogP contribution in [0.4, 0.5) is 0 Å². The van der Waals surface area contributed by atoms with E-state index in [1.54, 1.807) is 34.2 Å². The minimum Gasteiger partial charge on any atom is -0.335 e. The summed E-state index contributed by atoms with van der Waals surface area (Å²) in [5.41, 5.74) is 0.375. The summed E-state index contributed by atoms with van der Waals surface area (Å²) in [7, 11) is 0. The number of hydrogen-bond acceptors (Lipinski definition) is 11. The van der Waals surface area contributed by atoms with Crippen molar-refractivity contribution in [1.29, 1.82) is 15.8 Å². The second-order valence-electron chi connectivity index (χ2n) is 18.2. The number of hydrogen-bond donors (Lipinski definition) is 0. The number of carbonyl (C=O) groups excluding carboxylic acids is 3. The van der Waals surface area contributed by atoms with Crippen molar-refractivity contribution in [2.75, 3.05) is 72.0 Å². The molecule has 3 aliphatic rings. The summed E-state index contributed by atoms with van der Waals surface area (Å²) < 4.78 is 0. The highest BCUT2D eigenvalue weighted by molar-refractivity contribution is 7.10. The van der Waals surface area contributed by atoms with E-state index in [9.17, 15) is 19.6 Å². The zero-order chi connectivity index (χ0) is 46.7. The molecule has 3 fully saturated rings. The summed E-state index contributed by atoms with van der Waals surface area (Å²) in [6, 6.07) is 7.55. The van der Waals surface area contributed by atoms with Gasteiger partial charge < -0.3 is 19.6 Å². The van der Waals surface area contributed by atoms with Crippen LogP contribution in [0, 0.1) is 44.8 Å². The number of allylic oxidation sites excluding steroid dienone is 2. The lowest BCUT2D eigenvalue weighted by molar-refractivity contribution is -0.133. The third-order valence-electron chi connectivity index (χ3n) is 10.3. The van der Waals surface area contributed by atoms with Crippen LogP contribution >= 0.6 is 11.3 Å². The van der Waals surface area contributed by atoms with E-state index in [0.29, 0.717) is 55.9 Å². The van der Waals surface area contributed by atoms with Gasteiger partial charge in [-0.1, -0.05) is 74.5 Å². The molecule has 3 saturated heterocycles. The fraction of sp³-hybridized carbons (Fsp3) is 0.681. The lowest BCUT2D eigenvalue weighted by atomic mass is 9.93. The monoisotopic (exact) mass is 861 g/mol. The molecule has 0 bridgehead atoms. The summed E-state index contributed by atoms with van der Waals surface area (Å²) in [4.78, 5) is 53.7. The first-order chi connectivity index (χ1) is 28.5. The minimum atomic E-state index is -0.187. The van der Waals surface area contributed by atoms with Crippen molar-refractivity contribution in [3.8, 4) is 18.2 Å². The van der Waals surface area contributed by atoms with E-state index >= 15 is 0 Å². The molecule has 4 heterocycles. The van der Waals surface area contributed by atoms with E-state index < -0.39 is 0 Å². The standard InChI is InChI=1S/C17H29N3O.C15H25N3O.C13H16N4OS.C2H6/c1-12(2)19-10-14(4)20(11-13(19)3)16(21)15(9-18)8-17(5,6)7;1-12(2)17-6-8-18(9-7-17)14(19)13(11-16)10-15(3,4)5;1-2-16-4-6-17(7-5-16)13(18)11(10-14)9-12-15-3-8-19-12;1-2/h8,12-14H,10-11H2,1-7H3;10,12H,6-9H2,1-5H3;3,8-9H,2,4-7H2,1H3;1-2H3/b15-8+;13-10+;11-9+;. The number of piperazine rings is 3. The highest BCUT2D eigenvalue weighted by Gasteiger charge is 2.34. The van der Waals surface area contributed by atoms with E-state index in [1.807, 2.05) is 77.8 Å². The highest BCUT2D eigenvalue weighted by atomic mass is 32.1. The zero-order valence-corrected chi connectivity index (χ0v) is 40.9. The van der Waals surface area contributed by atoms with Crippen LogP contribution in [0.1, 0.15) is 109 Å². The van der Waals surface area contributed by atoms with Crippen molar-refractivity contribution in [1.82, 2.24) is 34.4 Å². The first kappa shape index (κ1) is 54.6. The van der Waals surface area contributed by atoms with E-state index in [2.05, 4.69) is 74.2 Å². The number of likely N-dealkylation sites (N-methyl/N-ethyl adjacent to an activating group) is 1. The van der Waals surface area contributed by atoms with Gasteiger partial charge in [0.1, 0.15) is 39.9 Å². The van der Waals surface area contributed by atoms with Gasteiger partial charge in [0, 0.05) is 101 Å². The number of aromatic nitrogens is 1. The number of amides is 3. The lowest BCUT2D eigenvalue weighted by Crippen LogP contribution is -2.59. The molecule has 3 amide bonds. The quantitative estimate of drug-likeness (QED) is 0.205. The highest BCUT2D eigenvalue weighted by Crippen LogP contribution is 2.23. The summed E-state index contributed by atoms with van der Waals surface area (Å²) in [5.74, 6) is -0.440. The summed E-state index contributed by atoms with van der Waals surface area (Å²) in [6.07, 6.45) is 6.78. The Morgan fingerprint density at radius 1 is 0.721 bits per heavy atom. The zero-order valence-electron chi connectivity index (χ0n) is 40.1. The Balaban J connectivity index is 0.000000449. The summed E-state index contributed by atoms with van der Waals surface area (Å²) in [5, 5.41) is 30.1. The Hall–Kier alpha value is -4.39. The molecule has 0 spiro atoms. The molecule has 2 unspecified atom stereocenters. The summed E-state index contributed by atoms with van der Waals surface area (Å²) >= 11 is 1.42. The van der Waals surface area contributed by atoms with Gasteiger partial charge in [0.15, 0.2) is 0 Å². The third-order valence-corrected chi connectivity index (χ3v) is 11.0. The molecule has 14 heteroatoms. The average molecular weight is 861 g/mol. The minimum absolute atomic E-state index is 0.124. The van der Waals surface area contributed by atoms with Crippen molar-refractivity contribution in [2.24, 2.45) is 10.8 Å². The number of nitrogens with zero attached hydrogens (tertiary/aromatic N) is 10. The average Bonchev–Trinajstić information content (AvgIpc) is 3.75. The van der Waals surface area contributed by atoms with Gasteiger partial charge in [0.2, 0.25) is 0 Å². The molecule has 61 heavy (non-hydrogen) atoms. The first-order valence-electron chi connectivity index (χ1n) is 21.9. The second-order valence-corrected chi connectivity index (χ2v) is 19.1. The molecule has 0 saturated carbocycles. The van der Waals surface area contributed by atoms with Crippen LogP contribution < -0.4 is 0 Å². The van der Waals surface area contributed by atoms with Crippen LogP contribution in [0.2, 0.25) is 0 Å². The number of nitriles is 3. The van der Waals surface area contributed by atoms with Gasteiger partial charge in [0.25, 0.3) is 17.7 Å². The molecule has 2 atom stereocenters. The fourth-order valence-electron chi connectivity index (χ4n) is 7.08. The molecular formula is C47H76N10O3S. The first-order valence-corrected chi connectivity index (χ1v) is 22.8. The smallest absolute Gasteiger partial charge is 0.264 e. The van der Waals surface area contributed by atoms with Gasteiger partial charge in [-0.2, -0.15) is 15.8 Å². The van der Waals surface area contributed by atoms with Gasteiger partial charge >= 0.3 is 0 Å². The van der Waals surface area contributed by atoms with Crippen LogP contribution in [0.25, 0.3) is 6.08 Å². The Morgan fingerprint density at radius 2 is 1.18 bits per heavy atom. The molecule has 3 aliphatic heterocycles. The molecule has 4 rings (SSSR count). The van der Waals surface area contributed by atoms with Crippen molar-refractivity contribution in [3.05, 3.63) is 45.5 Å². The van der Waals surface area contributed by atoms with Gasteiger partial charge in [-0.3, -0.25) is 24.2 Å². The molecule has 13 nitrogen and oxygen atoms in total. The van der Waals surface area contributed by atoms with Crippen LogP contribution in [-0.2, 0) is 14.4 Å². The van der Waals surface area contributed by atoms with Crippen molar-refractivity contribution in [3.63, 3.8) is 0 Å². The van der Waals surface area contributed by atoms with Gasteiger partial charge in [-0.15, -0.1) is 11.3 Å². The normalized spacial score (nSPS) is 19.9. The number of carbonyl (C=O) groups is 3. The van der Waals surface area contributed by atoms with Crippen molar-refractivity contribution < 1.29 is 14.4 Å². The third kappa shape index (κ3) is 18.6. The van der Waals surface area contributed by atoms with Gasteiger partial charge in [-0.05, 0) is 65.0 Å². The Morgan fingerprint density at radius 3 is 1.57 bits per heavy atom. The van der Waals surface area contributed by atoms with Crippen LogP contribution in [0.5, 0.6) is 0 Å². The SMILES string of the molecule is CC.CC(C)N1CCN(C(=O)/C(C#N)=C/C(C)(C)C)CC1.CC1CN(C(C)C)C(C)CN1C(=O)/C(C#N)=C/C(C)(C)C.CCN1CCN(C(=O)/C(C#N)=C/c2nccs2)CC1. The van der Waals surface area contributed by atoms with E-state index in [1.165, 1.54) is 11.3 Å². The molecular weight excluding hydrogens is 785 g/mol. The van der Waals surface area contributed by atoms with Crippen LogP contribution in [-0.4, -0.2) is 148 Å². The van der Waals surface area contributed by atoms with Gasteiger partial charge in [-0.25, -0.2) is 4.98 Å². The van der Waals surface area contributed by atoms with E-state index in [4.69, 9.17) is 10.5 Å². The predicted molar refractivity (Wildman–Crippen MR) is 248 cm³/mol. The maximum atomic E-state index is 12.7. The van der Waals surface area contributed by atoms with Crippen molar-refractivity contribution in [2.45, 2.75) is 128 Å². The molecule has 0 aromatic carbocycles. The maximum absolute atomic E-state index is 12.7. The lowest BCUT2D eigenvalue weighted by Gasteiger charge is -2.46. The molecule has 0 radical (unpaired) electrons. The molecule has 1 aromatic rings. The predicted octanol–water partition coefficient (Wildman–Crippen LogP) is 7.09. The topological polar surface area (TPSA) is 155 Å². The summed E-state index contributed by atoms with van der Waals surface area (Å²) in [6.45, 7) is 39.8. The molecule has 0 N–H and O–H groups in total. The Kier molecular flexibility index (Phi) is 23.4. The number of thiazole rings is 1. The van der Waals surface area contributed by atoms with Crippen LogP contribution in [0.15, 0.2) is 40.4 Å². The Bertz CT molecular complexity index is 1750.